The van der Waals surface area contributed by atoms with Gasteiger partial charge < -0.3 is 9.47 Å². The molecule has 1 heterocycles. The Bertz CT molecular complexity index is 2060. The van der Waals surface area contributed by atoms with Crippen LogP contribution in [0.3, 0.4) is 0 Å². The molecule has 4 atom stereocenters. The summed E-state index contributed by atoms with van der Waals surface area (Å²) in [6, 6.07) is 24.5. The summed E-state index contributed by atoms with van der Waals surface area (Å²) in [5.74, 6) is 2.64. The Labute approximate surface area is 406 Å². The number of carbonyl (C=O) groups is 1. The third kappa shape index (κ3) is 15.0. The van der Waals surface area contributed by atoms with E-state index in [1.807, 2.05) is 68.1 Å². The number of nitrogens with zero attached hydrogens (tertiary/aromatic N) is 2. The smallest absolute Gasteiger partial charge is 0.144 e. The second-order valence-electron chi connectivity index (χ2n) is 21.1. The SMILES string of the molecule is C=C(OCCOc1ccc(-c2nccn2-c2ccccc2C)c(C(C)(C)F)c1)C(C)(CC(C)(C)CC(c1ccccc1)C(C)(C)C)C(C)CC(C)(C(=O)CC)C(C)(C)C.CC.CSI. The highest BCUT2D eigenvalue weighted by molar-refractivity contribution is 14.2. The zero-order valence-electron chi connectivity index (χ0n) is 43.0. The lowest BCUT2D eigenvalue weighted by molar-refractivity contribution is -0.136. The van der Waals surface area contributed by atoms with Crippen molar-refractivity contribution >= 4 is 35.9 Å². The quantitative estimate of drug-likeness (QED) is 0.0532. The van der Waals surface area contributed by atoms with Crippen LogP contribution in [0.25, 0.3) is 17.1 Å². The molecule has 0 saturated heterocycles. The number of para-hydroxylation sites is 1. The average molecular weight is 1010 g/mol. The van der Waals surface area contributed by atoms with Gasteiger partial charge in [0.05, 0.1) is 5.76 Å². The van der Waals surface area contributed by atoms with Crippen molar-refractivity contribution in [3.63, 3.8) is 0 Å². The molecule has 0 bridgehead atoms. The number of carbonyl (C=O) groups excluding carboxylic acids is 1. The maximum Gasteiger partial charge on any atom is 0.144 e. The van der Waals surface area contributed by atoms with Crippen LogP contribution in [-0.4, -0.2) is 34.8 Å². The fraction of sp³-hybridized carbons (Fsp3) is 0.571. The lowest BCUT2D eigenvalue weighted by Gasteiger charge is -2.49. The lowest BCUT2D eigenvalue weighted by atomic mass is 9.55. The fourth-order valence-electron chi connectivity index (χ4n) is 9.16. The molecule has 4 rings (SSSR count). The summed E-state index contributed by atoms with van der Waals surface area (Å²) in [6.45, 7) is 41.3. The number of hydrogen-bond acceptors (Lipinski definition) is 5. The van der Waals surface area contributed by atoms with Crippen LogP contribution in [0, 0.1) is 39.9 Å². The molecular weight excluding hydrogens is 927 g/mol. The Kier molecular flexibility index (Phi) is 21.4. The normalized spacial score (nSPS) is 14.9. The van der Waals surface area contributed by atoms with Crippen LogP contribution in [0.5, 0.6) is 5.75 Å². The number of aromatic nitrogens is 2. The summed E-state index contributed by atoms with van der Waals surface area (Å²) in [4.78, 5) is 18.4. The van der Waals surface area contributed by atoms with Gasteiger partial charge in [0.15, 0.2) is 0 Å². The molecule has 0 spiro atoms. The number of benzene rings is 3. The van der Waals surface area contributed by atoms with Crippen LogP contribution >= 0.6 is 30.1 Å². The number of hydrogen-bond donors (Lipinski definition) is 0. The number of halogens is 2. The molecule has 4 aromatic rings. The molecule has 5 nitrogen and oxygen atoms in total. The molecule has 0 aliphatic carbocycles. The number of alkyl halides is 1. The first-order chi connectivity index (χ1) is 29.7. The molecule has 0 aliphatic rings. The van der Waals surface area contributed by atoms with Gasteiger partial charge in [-0.15, -0.1) is 0 Å². The van der Waals surface area contributed by atoms with Crippen molar-refractivity contribution in [2.45, 2.75) is 155 Å². The molecule has 0 aliphatic heterocycles. The second kappa shape index (κ2) is 24.1. The highest BCUT2D eigenvalue weighted by Gasteiger charge is 2.49. The van der Waals surface area contributed by atoms with Gasteiger partial charge in [0.1, 0.15) is 36.2 Å². The number of aryl methyl sites for hydroxylation is 1. The maximum atomic E-state index is 16.0. The van der Waals surface area contributed by atoms with E-state index in [0.29, 0.717) is 47.2 Å². The van der Waals surface area contributed by atoms with Crippen LogP contribution < -0.4 is 4.74 Å². The largest absolute Gasteiger partial charge is 0.494 e. The number of ether oxygens (including phenoxy) is 2. The van der Waals surface area contributed by atoms with Crippen LogP contribution in [0.1, 0.15) is 159 Å². The number of imidazole rings is 1. The maximum absolute atomic E-state index is 16.0. The molecule has 4 unspecified atom stereocenters. The number of allylic oxidation sites excluding steroid dienone is 1. The Hall–Kier alpha value is -3.11. The second-order valence-corrected chi connectivity index (χ2v) is 24.1. The fourth-order valence-corrected chi connectivity index (χ4v) is 9.16. The van der Waals surface area contributed by atoms with Crippen LogP contribution in [0.2, 0.25) is 0 Å². The van der Waals surface area contributed by atoms with E-state index >= 15 is 4.39 Å². The highest BCUT2D eigenvalue weighted by atomic mass is 127. The first-order valence-corrected chi connectivity index (χ1v) is 27.0. The van der Waals surface area contributed by atoms with Crippen molar-refractivity contribution in [1.82, 2.24) is 9.55 Å². The minimum atomic E-state index is -1.65. The highest BCUT2D eigenvalue weighted by Crippen LogP contribution is 2.55. The van der Waals surface area contributed by atoms with Gasteiger partial charge in [0, 0.05) is 46.5 Å². The lowest BCUT2D eigenvalue weighted by Crippen LogP contribution is -2.45. The Morgan fingerprint density at radius 2 is 1.45 bits per heavy atom. The van der Waals surface area contributed by atoms with Gasteiger partial charge >= 0.3 is 0 Å². The molecule has 0 fully saturated rings. The van der Waals surface area contributed by atoms with E-state index in [1.165, 1.54) is 5.56 Å². The molecule has 1 aromatic heterocycles. The van der Waals surface area contributed by atoms with Crippen LogP contribution in [0.15, 0.2) is 97.5 Å². The van der Waals surface area contributed by atoms with Crippen LogP contribution in [-0.2, 0) is 15.2 Å². The van der Waals surface area contributed by atoms with Crippen molar-refractivity contribution in [3.05, 3.63) is 114 Å². The van der Waals surface area contributed by atoms with E-state index in [2.05, 4.69) is 152 Å². The minimum absolute atomic E-state index is 0.0566. The van der Waals surface area contributed by atoms with Crippen molar-refractivity contribution < 1.29 is 18.7 Å². The molecule has 356 valence electrons. The van der Waals surface area contributed by atoms with E-state index in [1.54, 1.807) is 35.0 Å². The third-order valence-electron chi connectivity index (χ3n) is 13.4. The molecule has 3 aromatic carbocycles. The van der Waals surface area contributed by atoms with Gasteiger partial charge in [-0.05, 0) is 131 Å². The first-order valence-electron chi connectivity index (χ1n) is 23.3. The summed E-state index contributed by atoms with van der Waals surface area (Å²) >= 11 is 2.20. The predicted octanol–water partition coefficient (Wildman–Crippen LogP) is 17.4. The minimum Gasteiger partial charge on any atom is -0.494 e. The van der Waals surface area contributed by atoms with E-state index in [-0.39, 0.29) is 41.2 Å². The Balaban J connectivity index is 0.00000270. The summed E-state index contributed by atoms with van der Waals surface area (Å²) in [5, 5.41) is 0. The zero-order valence-corrected chi connectivity index (χ0v) is 45.9. The predicted molar refractivity (Wildman–Crippen MR) is 284 cm³/mol. The van der Waals surface area contributed by atoms with Crippen molar-refractivity contribution in [3.8, 4) is 22.8 Å². The van der Waals surface area contributed by atoms with Crippen molar-refractivity contribution in [2.24, 2.45) is 33.0 Å². The van der Waals surface area contributed by atoms with E-state index in [0.717, 1.165) is 24.1 Å². The first kappa shape index (κ1) is 57.0. The zero-order chi connectivity index (χ0) is 48.9. The summed E-state index contributed by atoms with van der Waals surface area (Å²) in [7, 11) is 1.72. The van der Waals surface area contributed by atoms with Gasteiger partial charge in [-0.3, -0.25) is 9.36 Å². The molecule has 64 heavy (non-hydrogen) atoms. The van der Waals surface area contributed by atoms with E-state index in [9.17, 15) is 4.79 Å². The molecular formula is C56H84FIN2O3S. The topological polar surface area (TPSA) is 53.4 Å². The Morgan fingerprint density at radius 3 is 1.98 bits per heavy atom. The van der Waals surface area contributed by atoms with Gasteiger partial charge in [-0.2, -0.15) is 0 Å². The number of ketones is 1. The Morgan fingerprint density at radius 1 is 0.875 bits per heavy atom. The van der Waals surface area contributed by atoms with Crippen molar-refractivity contribution in [1.29, 1.82) is 0 Å². The molecule has 0 amide bonds. The van der Waals surface area contributed by atoms with Crippen molar-refractivity contribution in [2.75, 3.05) is 19.5 Å². The standard InChI is InChI=1S/C53H75FN2O3.C2H6.CH3IS/c1-17-46(57)53(16,49(8,9)10)34-38(3)52(15,36-50(11,12)35-44(48(5,6)7)40-24-19-18-20-25-40)39(4)58-31-32-59-41-27-28-42(43(33-41)51(13,14)54)47-55-29-30-56(47)45-26-22-21-23-37(45)2;1-2;1-3-2/h18-30,33,38,44H,4,17,31-32,34-36H2,1-3,5-16H3;1-2H3;1H3. The van der Waals surface area contributed by atoms with Gasteiger partial charge in [0.2, 0.25) is 0 Å². The monoisotopic (exact) mass is 1010 g/mol. The van der Waals surface area contributed by atoms with Gasteiger partial charge in [-0.1, -0.05) is 161 Å². The summed E-state index contributed by atoms with van der Waals surface area (Å²) < 4.78 is 30.8. The molecule has 8 heteroatoms. The third-order valence-corrected chi connectivity index (χ3v) is 13.4. The number of rotatable bonds is 19. The molecule has 0 saturated carbocycles. The van der Waals surface area contributed by atoms with E-state index in [4.69, 9.17) is 9.47 Å². The van der Waals surface area contributed by atoms with Crippen LogP contribution in [0.4, 0.5) is 4.39 Å². The van der Waals surface area contributed by atoms with Gasteiger partial charge in [-0.25, -0.2) is 9.37 Å². The number of Topliss-reactive ketones (excluding diaryl/α,β-unsaturated/α-hetero) is 1. The summed E-state index contributed by atoms with van der Waals surface area (Å²) in [5.41, 5.74) is 1.74. The molecule has 0 N–H and O–H groups in total. The van der Waals surface area contributed by atoms with E-state index < -0.39 is 16.5 Å². The average Bonchev–Trinajstić information content (AvgIpc) is 3.71. The van der Waals surface area contributed by atoms with Gasteiger partial charge in [0.25, 0.3) is 0 Å². The molecule has 0 radical (unpaired) electrons. The summed E-state index contributed by atoms with van der Waals surface area (Å²) in [6.07, 6.45) is 8.72.